The molecule has 1 rings (SSSR count). The number of hydrogen-bond donors (Lipinski definition) is 1. The highest BCUT2D eigenvalue weighted by Gasteiger charge is 2.21. The number of ketones is 1. The van der Waals surface area contributed by atoms with Gasteiger partial charge in [0.1, 0.15) is 0 Å². The van der Waals surface area contributed by atoms with Crippen molar-refractivity contribution in [3.05, 3.63) is 29.8 Å². The fraction of sp³-hybridized carbons (Fsp3) is 0.533. The zero-order chi connectivity index (χ0) is 15.4. The van der Waals surface area contributed by atoms with E-state index in [1.165, 1.54) is 12.1 Å². The highest BCUT2D eigenvalue weighted by Crippen LogP contribution is 2.20. The standard InChI is InChI=1S/C15H23NO3S/c1-5-14(17)12-8-7-9-13(10-12)20(18,19)16-11-15(3,4)6-2/h7-10,16H,5-6,11H2,1-4H3. The molecule has 0 unspecified atom stereocenters. The Balaban J connectivity index is 2.96. The van der Waals surface area contributed by atoms with Gasteiger partial charge in [-0.15, -0.1) is 0 Å². The molecule has 0 spiro atoms. The van der Waals surface area contributed by atoms with Gasteiger partial charge in [-0.2, -0.15) is 0 Å². The lowest BCUT2D eigenvalue weighted by Crippen LogP contribution is -2.33. The van der Waals surface area contributed by atoms with Crippen molar-refractivity contribution in [2.75, 3.05) is 6.54 Å². The van der Waals surface area contributed by atoms with Gasteiger partial charge in [0.05, 0.1) is 4.90 Å². The van der Waals surface area contributed by atoms with Crippen molar-refractivity contribution in [2.45, 2.75) is 45.4 Å². The topological polar surface area (TPSA) is 63.2 Å². The molecule has 1 aromatic carbocycles. The van der Waals surface area contributed by atoms with Gasteiger partial charge in [-0.1, -0.05) is 39.8 Å². The van der Waals surface area contributed by atoms with Gasteiger partial charge in [-0.25, -0.2) is 13.1 Å². The number of hydrogen-bond acceptors (Lipinski definition) is 3. The van der Waals surface area contributed by atoms with E-state index in [0.29, 0.717) is 18.5 Å². The Bertz CT molecular complexity index is 577. The molecule has 0 bridgehead atoms. The van der Waals surface area contributed by atoms with Crippen LogP contribution in [0.2, 0.25) is 0 Å². The molecule has 1 aromatic rings. The molecule has 0 heterocycles. The lowest BCUT2D eigenvalue weighted by molar-refractivity contribution is 0.0988. The summed E-state index contributed by atoms with van der Waals surface area (Å²) in [6, 6.07) is 6.18. The number of sulfonamides is 1. The summed E-state index contributed by atoms with van der Waals surface area (Å²) in [5.41, 5.74) is 0.342. The summed E-state index contributed by atoms with van der Waals surface area (Å²) in [4.78, 5) is 11.8. The fourth-order valence-corrected chi connectivity index (χ4v) is 2.83. The third kappa shape index (κ3) is 4.42. The van der Waals surface area contributed by atoms with Gasteiger partial charge in [0.2, 0.25) is 10.0 Å². The van der Waals surface area contributed by atoms with Crippen molar-refractivity contribution in [3.63, 3.8) is 0 Å². The third-order valence-corrected chi connectivity index (χ3v) is 4.88. The minimum absolute atomic E-state index is 0.0593. The van der Waals surface area contributed by atoms with Gasteiger partial charge in [-0.05, 0) is 24.0 Å². The Morgan fingerprint density at radius 3 is 2.45 bits per heavy atom. The summed E-state index contributed by atoms with van der Waals surface area (Å²) >= 11 is 0. The van der Waals surface area contributed by atoms with E-state index in [9.17, 15) is 13.2 Å². The maximum Gasteiger partial charge on any atom is 0.240 e. The van der Waals surface area contributed by atoms with Crippen molar-refractivity contribution in [2.24, 2.45) is 5.41 Å². The molecule has 0 aromatic heterocycles. The van der Waals surface area contributed by atoms with E-state index < -0.39 is 10.0 Å². The molecule has 0 saturated heterocycles. The molecule has 112 valence electrons. The Labute approximate surface area is 121 Å². The predicted molar refractivity (Wildman–Crippen MR) is 80.3 cm³/mol. The molecule has 0 aliphatic carbocycles. The van der Waals surface area contributed by atoms with Gasteiger partial charge < -0.3 is 0 Å². The molecule has 0 amide bonds. The zero-order valence-electron chi connectivity index (χ0n) is 12.6. The van der Waals surface area contributed by atoms with Crippen molar-refractivity contribution in [3.8, 4) is 0 Å². The molecule has 4 nitrogen and oxygen atoms in total. The van der Waals surface area contributed by atoms with Crippen molar-refractivity contribution >= 4 is 15.8 Å². The van der Waals surface area contributed by atoms with Gasteiger partial charge in [0.15, 0.2) is 5.78 Å². The van der Waals surface area contributed by atoms with Gasteiger partial charge >= 0.3 is 0 Å². The molecule has 20 heavy (non-hydrogen) atoms. The summed E-state index contributed by atoms with van der Waals surface area (Å²) in [5.74, 6) is -0.0593. The maximum absolute atomic E-state index is 12.2. The third-order valence-electron chi connectivity index (χ3n) is 3.49. The summed E-state index contributed by atoms with van der Waals surface area (Å²) in [6.07, 6.45) is 1.24. The Kier molecular flexibility index (Phi) is 5.48. The monoisotopic (exact) mass is 297 g/mol. The number of carbonyl (C=O) groups excluding carboxylic acids is 1. The number of carbonyl (C=O) groups is 1. The molecule has 0 aliphatic heterocycles. The summed E-state index contributed by atoms with van der Waals surface area (Å²) in [5, 5.41) is 0. The van der Waals surface area contributed by atoms with Crippen LogP contribution in [0.3, 0.4) is 0 Å². The Morgan fingerprint density at radius 1 is 1.25 bits per heavy atom. The van der Waals surface area contributed by atoms with Crippen LogP contribution in [0.5, 0.6) is 0 Å². The van der Waals surface area contributed by atoms with Crippen molar-refractivity contribution in [1.29, 1.82) is 0 Å². The minimum atomic E-state index is -3.57. The molecule has 0 radical (unpaired) electrons. The van der Waals surface area contributed by atoms with Crippen molar-refractivity contribution < 1.29 is 13.2 Å². The van der Waals surface area contributed by atoms with Crippen LogP contribution in [0.1, 0.15) is 50.9 Å². The largest absolute Gasteiger partial charge is 0.294 e. The first-order chi connectivity index (χ1) is 9.22. The van der Waals surface area contributed by atoms with Crippen LogP contribution < -0.4 is 4.72 Å². The lowest BCUT2D eigenvalue weighted by Gasteiger charge is -2.22. The molecule has 0 aliphatic rings. The highest BCUT2D eigenvalue weighted by molar-refractivity contribution is 7.89. The number of benzene rings is 1. The second-order valence-electron chi connectivity index (χ2n) is 5.65. The summed E-state index contributed by atoms with van der Waals surface area (Å²) in [6.45, 7) is 8.16. The molecule has 5 heteroatoms. The van der Waals surface area contributed by atoms with Crippen LogP contribution in [-0.2, 0) is 10.0 Å². The Hall–Kier alpha value is -1.20. The van der Waals surface area contributed by atoms with Gasteiger partial charge in [0, 0.05) is 18.5 Å². The second kappa shape index (κ2) is 6.50. The van der Waals surface area contributed by atoms with E-state index in [1.807, 2.05) is 20.8 Å². The number of nitrogens with one attached hydrogen (secondary N) is 1. The van der Waals surface area contributed by atoms with Crippen LogP contribution in [0.25, 0.3) is 0 Å². The Morgan fingerprint density at radius 2 is 1.90 bits per heavy atom. The van der Waals surface area contributed by atoms with Crippen LogP contribution in [0, 0.1) is 5.41 Å². The molecule has 0 fully saturated rings. The van der Waals surface area contributed by atoms with Crippen LogP contribution >= 0.6 is 0 Å². The molecular formula is C15H23NO3S. The van der Waals surface area contributed by atoms with Crippen molar-refractivity contribution in [1.82, 2.24) is 4.72 Å². The summed E-state index contributed by atoms with van der Waals surface area (Å²) < 4.78 is 27.1. The van der Waals surface area contributed by atoms with E-state index in [4.69, 9.17) is 0 Å². The normalized spacial score (nSPS) is 12.4. The van der Waals surface area contributed by atoms with Crippen LogP contribution in [-0.4, -0.2) is 20.7 Å². The first kappa shape index (κ1) is 16.9. The van der Waals surface area contributed by atoms with Crippen LogP contribution in [0.4, 0.5) is 0 Å². The fourth-order valence-electron chi connectivity index (χ4n) is 1.54. The van der Waals surface area contributed by atoms with E-state index in [-0.39, 0.29) is 16.1 Å². The van der Waals surface area contributed by atoms with E-state index in [0.717, 1.165) is 6.42 Å². The minimum Gasteiger partial charge on any atom is -0.294 e. The van der Waals surface area contributed by atoms with Gasteiger partial charge in [0.25, 0.3) is 0 Å². The molecule has 0 atom stereocenters. The number of rotatable bonds is 7. The van der Waals surface area contributed by atoms with Crippen LogP contribution in [0.15, 0.2) is 29.2 Å². The average molecular weight is 297 g/mol. The lowest BCUT2D eigenvalue weighted by atomic mass is 9.91. The molecular weight excluding hydrogens is 274 g/mol. The smallest absolute Gasteiger partial charge is 0.240 e. The highest BCUT2D eigenvalue weighted by atomic mass is 32.2. The first-order valence-corrected chi connectivity index (χ1v) is 8.33. The van der Waals surface area contributed by atoms with E-state index >= 15 is 0 Å². The second-order valence-corrected chi connectivity index (χ2v) is 7.41. The maximum atomic E-state index is 12.2. The summed E-state index contributed by atoms with van der Waals surface area (Å²) in [7, 11) is -3.57. The quantitative estimate of drug-likeness (QED) is 0.787. The number of Topliss-reactive ketones (excluding diaryl/α,β-unsaturated/α-hetero) is 1. The zero-order valence-corrected chi connectivity index (χ0v) is 13.4. The average Bonchev–Trinajstić information content (AvgIpc) is 2.45. The molecule has 0 saturated carbocycles. The SMILES string of the molecule is CCC(=O)c1cccc(S(=O)(=O)NCC(C)(C)CC)c1. The molecule has 1 N–H and O–H groups in total. The first-order valence-electron chi connectivity index (χ1n) is 6.85. The van der Waals surface area contributed by atoms with Gasteiger partial charge in [-0.3, -0.25) is 4.79 Å². The van der Waals surface area contributed by atoms with E-state index in [1.54, 1.807) is 19.1 Å². The predicted octanol–water partition coefficient (Wildman–Crippen LogP) is 2.99. The van der Waals surface area contributed by atoms with E-state index in [2.05, 4.69) is 4.72 Å².